The van der Waals surface area contributed by atoms with Crippen LogP contribution >= 0.6 is 28.1 Å². The Morgan fingerprint density at radius 1 is 1.25 bits per heavy atom. The van der Waals surface area contributed by atoms with E-state index in [2.05, 4.69) is 31.8 Å². The van der Waals surface area contributed by atoms with Crippen molar-refractivity contribution in [1.29, 1.82) is 0 Å². The van der Waals surface area contributed by atoms with Gasteiger partial charge in [0.15, 0.2) is 5.11 Å². The van der Waals surface area contributed by atoms with Crippen molar-refractivity contribution in [3.63, 3.8) is 0 Å². The van der Waals surface area contributed by atoms with Crippen molar-refractivity contribution in [2.45, 2.75) is 6.92 Å². The summed E-state index contributed by atoms with van der Waals surface area (Å²) in [6, 6.07) is 14.1. The summed E-state index contributed by atoms with van der Waals surface area (Å²) in [6.45, 7) is 2.69. The lowest BCUT2D eigenvalue weighted by molar-refractivity contribution is 0.0734. The number of hydrogen-bond acceptors (Lipinski definition) is 4. The summed E-state index contributed by atoms with van der Waals surface area (Å²) < 4.78 is 6.05. The van der Waals surface area contributed by atoms with E-state index in [-0.39, 0.29) is 0 Å². The predicted molar refractivity (Wildman–Crippen MR) is 103 cm³/mol. The first-order valence-corrected chi connectivity index (χ1v) is 8.44. The van der Waals surface area contributed by atoms with E-state index < -0.39 is 5.97 Å². The van der Waals surface area contributed by atoms with Gasteiger partial charge in [-0.2, -0.15) is 5.10 Å². The van der Waals surface area contributed by atoms with Crippen LogP contribution in [0.1, 0.15) is 22.8 Å². The van der Waals surface area contributed by atoms with Gasteiger partial charge in [0.2, 0.25) is 0 Å². The summed E-state index contributed by atoms with van der Waals surface area (Å²) in [5.41, 5.74) is 4.03. The van der Waals surface area contributed by atoms with Gasteiger partial charge in [-0.15, -0.1) is 0 Å². The van der Waals surface area contributed by atoms with Crippen LogP contribution in [0.25, 0.3) is 0 Å². The second-order valence-corrected chi connectivity index (χ2v) is 5.93. The Balaban J connectivity index is 1.95. The molecule has 2 aromatic rings. The average molecular weight is 406 g/mol. The van der Waals surface area contributed by atoms with E-state index >= 15 is 0 Å². The third kappa shape index (κ3) is 5.43. The van der Waals surface area contributed by atoms with Crippen molar-refractivity contribution in [3.8, 4) is 5.75 Å². The number of benzene rings is 2. The molecule has 0 aliphatic rings. The van der Waals surface area contributed by atoms with Gasteiger partial charge in [0.05, 0.1) is 11.8 Å². The fourth-order valence-electron chi connectivity index (χ4n) is 1.78. The largest absolute Gasteiger partial charge is 0.423 e. The lowest BCUT2D eigenvalue weighted by atomic mass is 10.2. The van der Waals surface area contributed by atoms with Gasteiger partial charge in [-0.1, -0.05) is 12.1 Å². The van der Waals surface area contributed by atoms with E-state index in [0.29, 0.717) is 20.9 Å². The van der Waals surface area contributed by atoms with Gasteiger partial charge in [-0.25, -0.2) is 4.79 Å². The van der Waals surface area contributed by atoms with Crippen molar-refractivity contribution in [2.75, 3.05) is 6.54 Å². The lowest BCUT2D eigenvalue weighted by Crippen LogP contribution is -2.31. The van der Waals surface area contributed by atoms with E-state index in [1.807, 2.05) is 13.0 Å². The minimum atomic E-state index is -0.415. The molecule has 0 saturated carbocycles. The highest BCUT2D eigenvalue weighted by molar-refractivity contribution is 9.10. The zero-order valence-corrected chi connectivity index (χ0v) is 15.4. The predicted octanol–water partition coefficient (Wildman–Crippen LogP) is 3.49. The first-order chi connectivity index (χ1) is 11.6. The SMILES string of the molecule is CCNC(=S)NN=Cc1ccc(OC(=O)c2ccccc2Br)cc1. The maximum absolute atomic E-state index is 12.1. The van der Waals surface area contributed by atoms with Crippen LogP contribution in [0.15, 0.2) is 58.1 Å². The number of nitrogens with zero attached hydrogens (tertiary/aromatic N) is 1. The number of hydrogen-bond donors (Lipinski definition) is 2. The van der Waals surface area contributed by atoms with Crippen molar-refractivity contribution >= 4 is 45.4 Å². The Hall–Kier alpha value is -2.25. The number of carbonyl (C=O) groups is 1. The van der Waals surface area contributed by atoms with Crippen molar-refractivity contribution in [3.05, 3.63) is 64.1 Å². The molecule has 0 atom stereocenters. The normalized spacial score (nSPS) is 10.4. The number of ether oxygens (including phenoxy) is 1. The molecule has 0 aliphatic heterocycles. The van der Waals surface area contributed by atoms with Crippen LogP contribution in [-0.4, -0.2) is 23.8 Å². The molecule has 0 heterocycles. The van der Waals surface area contributed by atoms with Gasteiger partial charge in [0.1, 0.15) is 5.75 Å². The lowest BCUT2D eigenvalue weighted by Gasteiger charge is -2.06. The molecule has 0 unspecified atom stereocenters. The zero-order chi connectivity index (χ0) is 17.4. The van der Waals surface area contributed by atoms with Crippen molar-refractivity contribution in [2.24, 2.45) is 5.10 Å². The summed E-state index contributed by atoms with van der Waals surface area (Å²) in [6.07, 6.45) is 1.63. The number of halogens is 1. The standard InChI is InChI=1S/C17H16BrN3O2S/c1-2-19-17(24)21-20-11-12-7-9-13(10-8-12)23-16(22)14-5-3-4-6-15(14)18/h3-11H,2H2,1H3,(H2,19,21,24). The molecular formula is C17H16BrN3O2S. The van der Waals surface area contributed by atoms with E-state index in [4.69, 9.17) is 17.0 Å². The first kappa shape index (κ1) is 18.1. The minimum absolute atomic E-state index is 0.415. The maximum Gasteiger partial charge on any atom is 0.344 e. The Labute approximate surface area is 154 Å². The number of hydrazone groups is 1. The van der Waals surface area contributed by atoms with Crippen LogP contribution in [0.4, 0.5) is 0 Å². The number of thiocarbonyl (C=S) groups is 1. The summed E-state index contributed by atoms with van der Waals surface area (Å²) in [5.74, 6) is 0.0468. The Kier molecular flexibility index (Phi) is 6.89. The Bertz CT molecular complexity index is 748. The molecule has 5 nitrogen and oxygen atoms in total. The van der Waals surface area contributed by atoms with Crippen molar-refractivity contribution in [1.82, 2.24) is 10.7 Å². The van der Waals surface area contributed by atoms with Gasteiger partial charge in [0.25, 0.3) is 0 Å². The van der Waals surface area contributed by atoms with Crippen LogP contribution in [0.5, 0.6) is 5.75 Å². The summed E-state index contributed by atoms with van der Waals surface area (Å²) in [7, 11) is 0. The van der Waals surface area contributed by atoms with E-state index in [1.54, 1.807) is 48.7 Å². The highest BCUT2D eigenvalue weighted by Gasteiger charge is 2.11. The van der Waals surface area contributed by atoms with Gasteiger partial charge >= 0.3 is 5.97 Å². The minimum Gasteiger partial charge on any atom is -0.423 e. The molecular weight excluding hydrogens is 390 g/mol. The highest BCUT2D eigenvalue weighted by Crippen LogP contribution is 2.19. The average Bonchev–Trinajstić information content (AvgIpc) is 2.57. The second-order valence-electron chi connectivity index (χ2n) is 4.67. The molecule has 2 rings (SSSR count). The fourth-order valence-corrected chi connectivity index (χ4v) is 2.42. The van der Waals surface area contributed by atoms with Gasteiger partial charge in [0, 0.05) is 11.0 Å². The Morgan fingerprint density at radius 3 is 2.62 bits per heavy atom. The molecule has 124 valence electrons. The molecule has 0 bridgehead atoms. The summed E-state index contributed by atoms with van der Waals surface area (Å²) >= 11 is 8.33. The fraction of sp³-hybridized carbons (Fsp3) is 0.118. The quantitative estimate of drug-likeness (QED) is 0.262. The molecule has 0 aliphatic carbocycles. The molecule has 0 amide bonds. The molecule has 0 spiro atoms. The van der Waals surface area contributed by atoms with Crippen LogP contribution in [0.3, 0.4) is 0 Å². The first-order valence-electron chi connectivity index (χ1n) is 7.24. The number of nitrogens with one attached hydrogen (secondary N) is 2. The molecule has 0 radical (unpaired) electrons. The van der Waals surface area contributed by atoms with Gasteiger partial charge in [-0.05, 0) is 77.0 Å². The summed E-state index contributed by atoms with van der Waals surface area (Å²) in [4.78, 5) is 12.1. The topological polar surface area (TPSA) is 62.7 Å². The van der Waals surface area contributed by atoms with E-state index in [1.165, 1.54) is 0 Å². The molecule has 2 aromatic carbocycles. The third-order valence-corrected chi connectivity index (χ3v) is 3.83. The van der Waals surface area contributed by atoms with Crippen LogP contribution < -0.4 is 15.5 Å². The van der Waals surface area contributed by atoms with E-state index in [0.717, 1.165) is 12.1 Å². The molecule has 24 heavy (non-hydrogen) atoms. The number of rotatable bonds is 5. The third-order valence-electron chi connectivity index (χ3n) is 2.90. The van der Waals surface area contributed by atoms with Crippen molar-refractivity contribution < 1.29 is 9.53 Å². The maximum atomic E-state index is 12.1. The smallest absolute Gasteiger partial charge is 0.344 e. The molecule has 7 heteroatoms. The Morgan fingerprint density at radius 2 is 1.96 bits per heavy atom. The van der Waals surface area contributed by atoms with E-state index in [9.17, 15) is 4.79 Å². The molecule has 0 fully saturated rings. The molecule has 2 N–H and O–H groups in total. The van der Waals surface area contributed by atoms with Gasteiger partial charge in [-0.3, -0.25) is 5.43 Å². The zero-order valence-electron chi connectivity index (χ0n) is 13.0. The molecule has 0 aromatic heterocycles. The van der Waals surface area contributed by atoms with Crippen LogP contribution in [0.2, 0.25) is 0 Å². The number of esters is 1. The summed E-state index contributed by atoms with van der Waals surface area (Å²) in [5, 5.41) is 7.41. The number of carbonyl (C=O) groups excluding carboxylic acids is 1. The van der Waals surface area contributed by atoms with Crippen LogP contribution in [-0.2, 0) is 0 Å². The molecule has 0 saturated heterocycles. The monoisotopic (exact) mass is 405 g/mol. The second kappa shape index (κ2) is 9.14. The van der Waals surface area contributed by atoms with Gasteiger partial charge < -0.3 is 10.1 Å². The highest BCUT2D eigenvalue weighted by atomic mass is 79.9. The van der Waals surface area contributed by atoms with Crippen LogP contribution in [0, 0.1) is 0 Å².